The molecule has 1 aromatic heterocycles. The highest BCUT2D eigenvalue weighted by atomic mass is 35.5. The lowest BCUT2D eigenvalue weighted by molar-refractivity contribution is -0.117. The Morgan fingerprint density at radius 2 is 2.00 bits per heavy atom. The number of amides is 3. The summed E-state index contributed by atoms with van der Waals surface area (Å²) in [6, 6.07) is 4.60. The fraction of sp³-hybridized carbons (Fsp3) is 0.545. The second-order valence-electron chi connectivity index (χ2n) is 8.25. The second kappa shape index (κ2) is 10.7. The van der Waals surface area contributed by atoms with E-state index in [1.807, 2.05) is 0 Å². The van der Waals surface area contributed by atoms with E-state index >= 15 is 0 Å². The first-order valence-electron chi connectivity index (χ1n) is 11.0. The van der Waals surface area contributed by atoms with Crippen LogP contribution in [-0.4, -0.2) is 46.0 Å². The molecule has 32 heavy (non-hydrogen) atoms. The van der Waals surface area contributed by atoms with E-state index in [1.54, 1.807) is 22.8 Å². The number of urea groups is 1. The standard InChI is InChI=1S/C22H27ClN4O4S/c23-14-8-9-17-18(11-14)25-22(27(20(17)29)12-16-7-4-10-31-16)32-13-19(28)26-21(30)24-15-5-2-1-3-6-15/h8-9,11,15-16H,1-7,10,12-13H2,(H2,24,26,28,30). The lowest BCUT2D eigenvalue weighted by atomic mass is 9.96. The first-order valence-corrected chi connectivity index (χ1v) is 12.4. The average Bonchev–Trinajstić information content (AvgIpc) is 3.28. The van der Waals surface area contributed by atoms with Crippen molar-refractivity contribution in [2.75, 3.05) is 12.4 Å². The highest BCUT2D eigenvalue weighted by Crippen LogP contribution is 2.23. The van der Waals surface area contributed by atoms with Crippen LogP contribution in [0.4, 0.5) is 4.79 Å². The van der Waals surface area contributed by atoms with Crippen molar-refractivity contribution in [2.24, 2.45) is 0 Å². The van der Waals surface area contributed by atoms with E-state index in [-0.39, 0.29) is 23.5 Å². The van der Waals surface area contributed by atoms with E-state index in [9.17, 15) is 14.4 Å². The number of rotatable bonds is 6. The number of nitrogens with zero attached hydrogens (tertiary/aromatic N) is 2. The molecule has 1 saturated carbocycles. The molecule has 4 rings (SSSR count). The van der Waals surface area contributed by atoms with Gasteiger partial charge in [-0.15, -0.1) is 0 Å². The number of benzene rings is 1. The third-order valence-electron chi connectivity index (χ3n) is 5.82. The van der Waals surface area contributed by atoms with Gasteiger partial charge in [0.2, 0.25) is 5.91 Å². The molecule has 2 N–H and O–H groups in total. The van der Waals surface area contributed by atoms with Gasteiger partial charge in [-0.3, -0.25) is 19.5 Å². The summed E-state index contributed by atoms with van der Waals surface area (Å²) in [4.78, 5) is 42.2. The van der Waals surface area contributed by atoms with Gasteiger partial charge in [-0.1, -0.05) is 42.6 Å². The summed E-state index contributed by atoms with van der Waals surface area (Å²) < 4.78 is 7.26. The lowest BCUT2D eigenvalue weighted by Crippen LogP contribution is -2.45. The summed E-state index contributed by atoms with van der Waals surface area (Å²) in [5, 5.41) is 6.60. The van der Waals surface area contributed by atoms with Gasteiger partial charge in [-0.25, -0.2) is 9.78 Å². The number of carbonyl (C=O) groups is 2. The van der Waals surface area contributed by atoms with Crippen molar-refractivity contribution in [1.82, 2.24) is 20.2 Å². The van der Waals surface area contributed by atoms with Crippen molar-refractivity contribution < 1.29 is 14.3 Å². The van der Waals surface area contributed by atoms with Crippen molar-refractivity contribution in [3.63, 3.8) is 0 Å². The second-order valence-corrected chi connectivity index (χ2v) is 9.63. The number of thioether (sulfide) groups is 1. The zero-order valence-corrected chi connectivity index (χ0v) is 19.3. The van der Waals surface area contributed by atoms with E-state index in [1.165, 1.54) is 6.42 Å². The molecule has 8 nitrogen and oxygen atoms in total. The molecule has 172 valence electrons. The zero-order chi connectivity index (χ0) is 22.5. The van der Waals surface area contributed by atoms with Gasteiger partial charge in [0.05, 0.1) is 29.3 Å². The Morgan fingerprint density at radius 3 is 2.75 bits per heavy atom. The number of hydrogen-bond acceptors (Lipinski definition) is 6. The van der Waals surface area contributed by atoms with Crippen molar-refractivity contribution in [3.05, 3.63) is 33.6 Å². The molecule has 2 aromatic rings. The Morgan fingerprint density at radius 1 is 1.19 bits per heavy atom. The van der Waals surface area contributed by atoms with E-state index in [2.05, 4.69) is 15.6 Å². The largest absolute Gasteiger partial charge is 0.376 e. The number of imide groups is 1. The smallest absolute Gasteiger partial charge is 0.321 e. The number of ether oxygens (including phenoxy) is 1. The van der Waals surface area contributed by atoms with Gasteiger partial charge in [0, 0.05) is 17.7 Å². The monoisotopic (exact) mass is 478 g/mol. The molecular weight excluding hydrogens is 452 g/mol. The Kier molecular flexibility index (Phi) is 7.70. The van der Waals surface area contributed by atoms with Crippen LogP contribution in [-0.2, 0) is 16.1 Å². The number of fused-ring (bicyclic) bond motifs is 1. The van der Waals surface area contributed by atoms with Gasteiger partial charge in [0.1, 0.15) is 0 Å². The number of carbonyl (C=O) groups excluding carboxylic acids is 2. The minimum absolute atomic E-state index is 0.0396. The Bertz CT molecular complexity index is 1050. The Labute approximate surface area is 195 Å². The first-order chi connectivity index (χ1) is 15.5. The molecule has 2 fully saturated rings. The minimum Gasteiger partial charge on any atom is -0.376 e. The molecule has 0 bridgehead atoms. The predicted molar refractivity (Wildman–Crippen MR) is 124 cm³/mol. The van der Waals surface area contributed by atoms with Gasteiger partial charge < -0.3 is 10.1 Å². The van der Waals surface area contributed by atoms with Crippen LogP contribution < -0.4 is 16.2 Å². The predicted octanol–water partition coefficient (Wildman–Crippen LogP) is 3.48. The van der Waals surface area contributed by atoms with Crippen LogP contribution in [0.25, 0.3) is 10.9 Å². The summed E-state index contributed by atoms with van der Waals surface area (Å²) in [7, 11) is 0. The van der Waals surface area contributed by atoms with Crippen molar-refractivity contribution in [2.45, 2.75) is 68.8 Å². The molecule has 2 heterocycles. The normalized spacial score (nSPS) is 19.2. The quantitative estimate of drug-likeness (QED) is 0.486. The van der Waals surface area contributed by atoms with Crippen molar-refractivity contribution in [3.8, 4) is 0 Å². The number of hydrogen-bond donors (Lipinski definition) is 2. The van der Waals surface area contributed by atoms with E-state index < -0.39 is 11.9 Å². The van der Waals surface area contributed by atoms with Crippen LogP contribution in [0.1, 0.15) is 44.9 Å². The van der Waals surface area contributed by atoms with Gasteiger partial charge in [0.15, 0.2) is 5.16 Å². The fourth-order valence-electron chi connectivity index (χ4n) is 4.20. The van der Waals surface area contributed by atoms with Crippen LogP contribution in [0.5, 0.6) is 0 Å². The molecule has 3 amide bonds. The summed E-state index contributed by atoms with van der Waals surface area (Å²) in [6.07, 6.45) is 7.02. The van der Waals surface area contributed by atoms with E-state index in [0.29, 0.717) is 34.2 Å². The van der Waals surface area contributed by atoms with Gasteiger partial charge in [0.25, 0.3) is 5.56 Å². The first kappa shape index (κ1) is 23.1. The van der Waals surface area contributed by atoms with Gasteiger partial charge in [-0.05, 0) is 43.9 Å². The molecule has 1 aliphatic carbocycles. The molecule has 1 atom stereocenters. The molecule has 0 spiro atoms. The third-order valence-corrected chi connectivity index (χ3v) is 7.03. The summed E-state index contributed by atoms with van der Waals surface area (Å²) in [6.45, 7) is 1.05. The number of halogens is 1. The highest BCUT2D eigenvalue weighted by Gasteiger charge is 2.22. The van der Waals surface area contributed by atoms with Crippen LogP contribution in [0.15, 0.2) is 28.2 Å². The minimum atomic E-state index is -0.475. The Balaban J connectivity index is 1.46. The SMILES string of the molecule is O=C(CSc1nc2cc(Cl)ccc2c(=O)n1CC1CCCO1)NC(=O)NC1CCCCC1. The highest BCUT2D eigenvalue weighted by molar-refractivity contribution is 7.99. The molecular formula is C22H27ClN4O4S. The fourth-order valence-corrected chi connectivity index (χ4v) is 5.17. The molecule has 1 aliphatic heterocycles. The van der Waals surface area contributed by atoms with Crippen LogP contribution in [0.2, 0.25) is 5.02 Å². The topological polar surface area (TPSA) is 102 Å². The molecule has 1 aromatic carbocycles. The zero-order valence-electron chi connectivity index (χ0n) is 17.8. The molecule has 0 radical (unpaired) electrons. The van der Waals surface area contributed by atoms with E-state index in [4.69, 9.17) is 16.3 Å². The van der Waals surface area contributed by atoms with Crippen LogP contribution in [0.3, 0.4) is 0 Å². The molecule has 1 saturated heterocycles. The van der Waals surface area contributed by atoms with Crippen molar-refractivity contribution >= 4 is 46.2 Å². The molecule has 10 heteroatoms. The maximum Gasteiger partial charge on any atom is 0.321 e. The molecule has 1 unspecified atom stereocenters. The van der Waals surface area contributed by atoms with Crippen LogP contribution >= 0.6 is 23.4 Å². The maximum absolute atomic E-state index is 13.1. The molecule has 2 aliphatic rings. The Hall–Kier alpha value is -2.10. The summed E-state index contributed by atoms with van der Waals surface area (Å²) in [5.41, 5.74) is 0.282. The van der Waals surface area contributed by atoms with Gasteiger partial charge in [-0.2, -0.15) is 0 Å². The number of nitrogens with one attached hydrogen (secondary N) is 2. The summed E-state index contributed by atoms with van der Waals surface area (Å²) >= 11 is 7.20. The average molecular weight is 479 g/mol. The lowest BCUT2D eigenvalue weighted by Gasteiger charge is -2.22. The number of aromatic nitrogens is 2. The van der Waals surface area contributed by atoms with Crippen LogP contribution in [0, 0.1) is 0 Å². The third kappa shape index (κ3) is 5.82. The maximum atomic E-state index is 13.1. The summed E-state index contributed by atoms with van der Waals surface area (Å²) in [5.74, 6) is -0.477. The van der Waals surface area contributed by atoms with E-state index in [0.717, 1.165) is 50.3 Å². The van der Waals surface area contributed by atoms with Gasteiger partial charge >= 0.3 is 6.03 Å². The van der Waals surface area contributed by atoms with Crippen molar-refractivity contribution in [1.29, 1.82) is 0 Å².